The Kier molecular flexibility index (Phi) is 3.65. The van der Waals surface area contributed by atoms with Gasteiger partial charge in [0.1, 0.15) is 5.52 Å². The Morgan fingerprint density at radius 1 is 1.00 bits per heavy atom. The fraction of sp³-hybridized carbons (Fsp3) is 0.0714. The van der Waals surface area contributed by atoms with E-state index in [9.17, 15) is 0 Å². The Balaban J connectivity index is 0.00000120. The number of fused-ring (bicyclic) bond motifs is 1. The predicted octanol–water partition coefficient (Wildman–Crippen LogP) is 3.38. The molecule has 3 aromatic rings. The van der Waals surface area contributed by atoms with Crippen molar-refractivity contribution in [1.82, 2.24) is 4.98 Å². The molecule has 0 aliphatic carbocycles. The van der Waals surface area contributed by atoms with Crippen molar-refractivity contribution in [2.24, 2.45) is 5.73 Å². The zero-order valence-corrected chi connectivity index (χ0v) is 10.5. The highest BCUT2D eigenvalue weighted by Crippen LogP contribution is 2.24. The molecule has 0 atom stereocenters. The van der Waals surface area contributed by atoms with E-state index < -0.39 is 0 Å². The molecule has 3 nitrogen and oxygen atoms in total. The van der Waals surface area contributed by atoms with E-state index in [2.05, 4.69) is 4.98 Å². The quantitative estimate of drug-likeness (QED) is 0.769. The third-order valence-corrected chi connectivity index (χ3v) is 2.73. The van der Waals surface area contributed by atoms with Crippen LogP contribution in [-0.2, 0) is 6.54 Å². The van der Waals surface area contributed by atoms with Crippen LogP contribution >= 0.6 is 12.4 Å². The predicted molar refractivity (Wildman–Crippen MR) is 74.6 cm³/mol. The Labute approximate surface area is 111 Å². The summed E-state index contributed by atoms with van der Waals surface area (Å²) in [6.45, 7) is 0.549. The molecule has 0 aliphatic rings. The summed E-state index contributed by atoms with van der Waals surface area (Å²) in [4.78, 5) is 4.44. The van der Waals surface area contributed by atoms with Crippen LogP contribution in [0.15, 0.2) is 52.9 Å². The molecule has 0 aliphatic heterocycles. The van der Waals surface area contributed by atoms with Gasteiger partial charge in [0.25, 0.3) is 0 Å². The fourth-order valence-electron chi connectivity index (χ4n) is 1.78. The molecule has 1 heterocycles. The lowest BCUT2D eigenvalue weighted by Gasteiger charge is -1.97. The summed E-state index contributed by atoms with van der Waals surface area (Å²) >= 11 is 0. The minimum atomic E-state index is 0. The lowest BCUT2D eigenvalue weighted by atomic mass is 10.1. The van der Waals surface area contributed by atoms with Gasteiger partial charge in [0.2, 0.25) is 5.89 Å². The Bertz CT molecular complexity index is 613. The topological polar surface area (TPSA) is 52.0 Å². The maximum absolute atomic E-state index is 5.69. The second-order valence-corrected chi connectivity index (χ2v) is 3.89. The van der Waals surface area contributed by atoms with Crippen LogP contribution in [0.5, 0.6) is 0 Å². The number of rotatable bonds is 2. The largest absolute Gasteiger partial charge is 0.436 e. The van der Waals surface area contributed by atoms with Crippen LogP contribution in [0.1, 0.15) is 5.56 Å². The zero-order valence-electron chi connectivity index (χ0n) is 9.67. The summed E-state index contributed by atoms with van der Waals surface area (Å²) in [6.07, 6.45) is 0. The van der Waals surface area contributed by atoms with Gasteiger partial charge < -0.3 is 10.2 Å². The number of hydrogen-bond acceptors (Lipinski definition) is 3. The van der Waals surface area contributed by atoms with E-state index in [4.69, 9.17) is 10.2 Å². The standard InChI is InChI=1S/C14H12N2O.ClH/c15-9-10-5-7-11(8-6-10)14-16-12-3-1-2-4-13(12)17-14;/h1-8H,9,15H2;1H. The maximum Gasteiger partial charge on any atom is 0.227 e. The average Bonchev–Trinajstić information content (AvgIpc) is 2.82. The Hall–Kier alpha value is -1.84. The Morgan fingerprint density at radius 3 is 2.39 bits per heavy atom. The second kappa shape index (κ2) is 5.21. The minimum absolute atomic E-state index is 0. The molecule has 4 heteroatoms. The first-order chi connectivity index (χ1) is 8.36. The summed E-state index contributed by atoms with van der Waals surface area (Å²) in [5.41, 5.74) is 9.32. The lowest BCUT2D eigenvalue weighted by molar-refractivity contribution is 0.620. The molecule has 18 heavy (non-hydrogen) atoms. The molecule has 92 valence electrons. The third kappa shape index (κ3) is 2.23. The number of para-hydroxylation sites is 2. The van der Waals surface area contributed by atoms with E-state index in [1.165, 1.54) is 0 Å². The zero-order chi connectivity index (χ0) is 11.7. The molecule has 1 aromatic heterocycles. The van der Waals surface area contributed by atoms with Gasteiger partial charge in [-0.05, 0) is 29.8 Å². The third-order valence-electron chi connectivity index (χ3n) is 2.73. The van der Waals surface area contributed by atoms with Crippen LogP contribution < -0.4 is 5.73 Å². The molecule has 2 N–H and O–H groups in total. The summed E-state index contributed by atoms with van der Waals surface area (Å²) in [5, 5.41) is 0. The van der Waals surface area contributed by atoms with E-state index in [0.29, 0.717) is 12.4 Å². The first kappa shape index (κ1) is 12.6. The number of halogens is 1. The first-order valence-electron chi connectivity index (χ1n) is 5.52. The van der Waals surface area contributed by atoms with Crippen LogP contribution in [-0.4, -0.2) is 4.98 Å². The second-order valence-electron chi connectivity index (χ2n) is 3.89. The number of nitrogens with zero attached hydrogens (tertiary/aromatic N) is 1. The van der Waals surface area contributed by atoms with Crippen LogP contribution in [0.25, 0.3) is 22.6 Å². The van der Waals surface area contributed by atoms with Gasteiger partial charge in [0, 0.05) is 12.1 Å². The minimum Gasteiger partial charge on any atom is -0.436 e. The van der Waals surface area contributed by atoms with Gasteiger partial charge in [-0.1, -0.05) is 24.3 Å². The molecule has 0 spiro atoms. The number of oxazole rings is 1. The van der Waals surface area contributed by atoms with Crippen molar-refractivity contribution in [1.29, 1.82) is 0 Å². The molecule has 0 fully saturated rings. The highest BCUT2D eigenvalue weighted by Gasteiger charge is 2.06. The van der Waals surface area contributed by atoms with Crippen LogP contribution in [0.2, 0.25) is 0 Å². The fourth-order valence-corrected chi connectivity index (χ4v) is 1.78. The molecular formula is C14H13ClN2O. The van der Waals surface area contributed by atoms with E-state index in [-0.39, 0.29) is 12.4 Å². The van der Waals surface area contributed by atoms with Crippen LogP contribution in [0.3, 0.4) is 0 Å². The number of benzene rings is 2. The first-order valence-corrected chi connectivity index (χ1v) is 5.52. The normalized spacial score (nSPS) is 10.3. The summed E-state index contributed by atoms with van der Waals surface area (Å²) in [5.74, 6) is 0.648. The monoisotopic (exact) mass is 260 g/mol. The van der Waals surface area contributed by atoms with Crippen molar-refractivity contribution in [3.05, 3.63) is 54.1 Å². The average molecular weight is 261 g/mol. The lowest BCUT2D eigenvalue weighted by Crippen LogP contribution is -1.95. The molecule has 3 rings (SSSR count). The highest BCUT2D eigenvalue weighted by molar-refractivity contribution is 5.85. The molecular weight excluding hydrogens is 248 g/mol. The van der Waals surface area contributed by atoms with Gasteiger partial charge in [0.15, 0.2) is 5.58 Å². The number of aromatic nitrogens is 1. The number of hydrogen-bond donors (Lipinski definition) is 1. The van der Waals surface area contributed by atoms with Gasteiger partial charge in [-0.3, -0.25) is 0 Å². The molecule has 0 bridgehead atoms. The van der Waals surface area contributed by atoms with Crippen molar-refractivity contribution >= 4 is 23.5 Å². The van der Waals surface area contributed by atoms with Gasteiger partial charge >= 0.3 is 0 Å². The SMILES string of the molecule is Cl.NCc1ccc(-c2nc3ccccc3o2)cc1. The van der Waals surface area contributed by atoms with Crippen molar-refractivity contribution in [2.45, 2.75) is 6.54 Å². The van der Waals surface area contributed by atoms with E-state index in [1.807, 2.05) is 48.5 Å². The molecule has 0 saturated carbocycles. The van der Waals surface area contributed by atoms with Crippen LogP contribution in [0, 0.1) is 0 Å². The van der Waals surface area contributed by atoms with Crippen molar-refractivity contribution < 1.29 is 4.42 Å². The summed E-state index contributed by atoms with van der Waals surface area (Å²) < 4.78 is 5.69. The smallest absolute Gasteiger partial charge is 0.227 e. The van der Waals surface area contributed by atoms with Gasteiger partial charge in [-0.25, -0.2) is 4.98 Å². The number of nitrogens with two attached hydrogens (primary N) is 1. The van der Waals surface area contributed by atoms with E-state index >= 15 is 0 Å². The van der Waals surface area contributed by atoms with E-state index in [1.54, 1.807) is 0 Å². The highest BCUT2D eigenvalue weighted by atomic mass is 35.5. The van der Waals surface area contributed by atoms with Crippen LogP contribution in [0.4, 0.5) is 0 Å². The van der Waals surface area contributed by atoms with Gasteiger partial charge in [-0.2, -0.15) is 0 Å². The van der Waals surface area contributed by atoms with Gasteiger partial charge in [0.05, 0.1) is 0 Å². The molecule has 2 aromatic carbocycles. The Morgan fingerprint density at radius 2 is 1.72 bits per heavy atom. The van der Waals surface area contributed by atoms with Crippen molar-refractivity contribution in [3.8, 4) is 11.5 Å². The summed E-state index contributed by atoms with van der Waals surface area (Å²) in [6, 6.07) is 15.7. The van der Waals surface area contributed by atoms with Crippen molar-refractivity contribution in [3.63, 3.8) is 0 Å². The molecule has 0 unspecified atom stereocenters. The van der Waals surface area contributed by atoms with Gasteiger partial charge in [-0.15, -0.1) is 12.4 Å². The van der Waals surface area contributed by atoms with Crippen molar-refractivity contribution in [2.75, 3.05) is 0 Å². The molecule has 0 saturated heterocycles. The maximum atomic E-state index is 5.69. The summed E-state index contributed by atoms with van der Waals surface area (Å²) in [7, 11) is 0. The van der Waals surface area contributed by atoms with E-state index in [0.717, 1.165) is 22.2 Å². The molecule has 0 radical (unpaired) electrons. The molecule has 0 amide bonds.